The molecule has 1 heterocycles. The van der Waals surface area contributed by atoms with Crippen LogP contribution in [0.3, 0.4) is 0 Å². The monoisotopic (exact) mass is 231 g/mol. The van der Waals surface area contributed by atoms with E-state index in [2.05, 4.69) is 0 Å². The number of rotatable bonds is 2. The van der Waals surface area contributed by atoms with Gasteiger partial charge in [0.2, 0.25) is 0 Å². The Kier molecular flexibility index (Phi) is 3.38. The number of benzene rings is 1. The van der Waals surface area contributed by atoms with Crippen molar-refractivity contribution in [2.75, 3.05) is 24.6 Å². The second-order valence-electron chi connectivity index (χ2n) is 3.74. The third-order valence-electron chi connectivity index (χ3n) is 2.70. The fourth-order valence-corrected chi connectivity index (χ4v) is 1.78. The summed E-state index contributed by atoms with van der Waals surface area (Å²) < 4.78 is 5.27. The molecule has 1 aromatic carbocycles. The lowest BCUT2D eigenvalue weighted by Gasteiger charge is -2.31. The Labute approximate surface area is 99.4 Å². The maximum absolute atomic E-state index is 12.0. The number of anilines is 1. The average molecular weight is 231 g/mol. The smallest absolute Gasteiger partial charge is 0.257 e. The van der Waals surface area contributed by atoms with Crippen molar-refractivity contribution < 1.29 is 9.53 Å². The quantitative estimate of drug-likeness (QED) is 0.791. The summed E-state index contributed by atoms with van der Waals surface area (Å²) in [5.41, 5.74) is 6.81. The summed E-state index contributed by atoms with van der Waals surface area (Å²) in [5, 5.41) is 8.70. The van der Waals surface area contributed by atoms with Gasteiger partial charge in [0.25, 0.3) is 5.91 Å². The number of hydrogen-bond acceptors (Lipinski definition) is 4. The minimum absolute atomic E-state index is 0.122. The fourth-order valence-electron chi connectivity index (χ4n) is 1.78. The van der Waals surface area contributed by atoms with Gasteiger partial charge in [-0.25, -0.2) is 0 Å². The van der Waals surface area contributed by atoms with E-state index in [1.165, 1.54) is 0 Å². The van der Waals surface area contributed by atoms with Crippen molar-refractivity contribution in [1.29, 1.82) is 5.26 Å². The molecule has 5 nitrogen and oxygen atoms in total. The second kappa shape index (κ2) is 4.95. The molecule has 1 atom stereocenters. The predicted molar refractivity (Wildman–Crippen MR) is 62.3 cm³/mol. The SMILES string of the molecule is N#Cc1ccc(N2CCOC(CN)C2=O)cc1. The van der Waals surface area contributed by atoms with Gasteiger partial charge in [-0.3, -0.25) is 4.79 Å². The van der Waals surface area contributed by atoms with Crippen LogP contribution in [0.4, 0.5) is 5.69 Å². The minimum atomic E-state index is -0.556. The highest BCUT2D eigenvalue weighted by atomic mass is 16.5. The Balaban J connectivity index is 2.21. The van der Waals surface area contributed by atoms with Crippen LogP contribution in [0.15, 0.2) is 24.3 Å². The zero-order chi connectivity index (χ0) is 12.3. The normalized spacial score (nSPS) is 20.1. The molecule has 0 radical (unpaired) electrons. The molecule has 17 heavy (non-hydrogen) atoms. The van der Waals surface area contributed by atoms with Gasteiger partial charge in [0.05, 0.1) is 18.2 Å². The van der Waals surface area contributed by atoms with Crippen LogP contribution in [0.1, 0.15) is 5.56 Å². The minimum Gasteiger partial charge on any atom is -0.365 e. The van der Waals surface area contributed by atoms with Gasteiger partial charge in [0, 0.05) is 18.8 Å². The van der Waals surface area contributed by atoms with E-state index in [0.29, 0.717) is 18.7 Å². The van der Waals surface area contributed by atoms with Crippen LogP contribution in [0, 0.1) is 11.3 Å². The molecule has 1 fully saturated rings. The van der Waals surface area contributed by atoms with Crippen LogP contribution in [0.2, 0.25) is 0 Å². The molecular weight excluding hydrogens is 218 g/mol. The second-order valence-corrected chi connectivity index (χ2v) is 3.74. The average Bonchev–Trinajstić information content (AvgIpc) is 2.39. The zero-order valence-corrected chi connectivity index (χ0v) is 9.30. The molecule has 2 rings (SSSR count). The van der Waals surface area contributed by atoms with Gasteiger partial charge in [0.15, 0.2) is 0 Å². The number of nitrogens with two attached hydrogens (primary N) is 1. The first-order chi connectivity index (χ1) is 8.26. The van der Waals surface area contributed by atoms with Crippen molar-refractivity contribution in [2.45, 2.75) is 6.10 Å². The van der Waals surface area contributed by atoms with Crippen molar-refractivity contribution in [2.24, 2.45) is 5.73 Å². The van der Waals surface area contributed by atoms with Crippen molar-refractivity contribution >= 4 is 11.6 Å². The van der Waals surface area contributed by atoms with Gasteiger partial charge in [-0.15, -0.1) is 0 Å². The molecule has 5 heteroatoms. The van der Waals surface area contributed by atoms with E-state index in [4.69, 9.17) is 15.7 Å². The molecule has 1 aliphatic heterocycles. The molecule has 2 N–H and O–H groups in total. The van der Waals surface area contributed by atoms with Crippen molar-refractivity contribution in [3.63, 3.8) is 0 Å². The van der Waals surface area contributed by atoms with Crippen molar-refractivity contribution in [3.05, 3.63) is 29.8 Å². The number of carbonyl (C=O) groups excluding carboxylic acids is 1. The summed E-state index contributed by atoms with van der Waals surface area (Å²) in [4.78, 5) is 13.6. The predicted octanol–water partition coefficient (Wildman–Crippen LogP) is 0.249. The van der Waals surface area contributed by atoms with Gasteiger partial charge in [-0.2, -0.15) is 5.26 Å². The highest BCUT2D eigenvalue weighted by Crippen LogP contribution is 2.19. The Morgan fingerprint density at radius 2 is 2.18 bits per heavy atom. The molecule has 1 amide bonds. The largest absolute Gasteiger partial charge is 0.365 e. The summed E-state index contributed by atoms with van der Waals surface area (Å²) in [7, 11) is 0. The third-order valence-corrected chi connectivity index (χ3v) is 2.70. The molecular formula is C12H13N3O2. The fraction of sp³-hybridized carbons (Fsp3) is 0.333. The Morgan fingerprint density at radius 3 is 2.76 bits per heavy atom. The topological polar surface area (TPSA) is 79.3 Å². The Hall–Kier alpha value is -1.90. The van der Waals surface area contributed by atoms with Crippen LogP contribution in [0.25, 0.3) is 0 Å². The Bertz CT molecular complexity index is 450. The van der Waals surface area contributed by atoms with E-state index in [1.54, 1.807) is 29.2 Å². The van der Waals surface area contributed by atoms with Gasteiger partial charge >= 0.3 is 0 Å². The van der Waals surface area contributed by atoms with Gasteiger partial charge in [-0.1, -0.05) is 0 Å². The Morgan fingerprint density at radius 1 is 1.47 bits per heavy atom. The number of carbonyl (C=O) groups is 1. The van der Waals surface area contributed by atoms with E-state index >= 15 is 0 Å². The lowest BCUT2D eigenvalue weighted by atomic mass is 10.2. The molecule has 0 aliphatic carbocycles. The van der Waals surface area contributed by atoms with Gasteiger partial charge in [-0.05, 0) is 24.3 Å². The summed E-state index contributed by atoms with van der Waals surface area (Å²) in [6.07, 6.45) is -0.556. The van der Waals surface area contributed by atoms with E-state index in [1.807, 2.05) is 6.07 Å². The molecule has 0 bridgehead atoms. The number of nitriles is 1. The highest BCUT2D eigenvalue weighted by Gasteiger charge is 2.29. The lowest BCUT2D eigenvalue weighted by Crippen LogP contribution is -2.50. The first-order valence-corrected chi connectivity index (χ1v) is 5.39. The first-order valence-electron chi connectivity index (χ1n) is 5.39. The molecule has 1 saturated heterocycles. The number of amides is 1. The van der Waals surface area contributed by atoms with Crippen molar-refractivity contribution in [1.82, 2.24) is 0 Å². The standard InChI is InChI=1S/C12H13N3O2/c13-7-9-1-3-10(4-2-9)15-5-6-17-11(8-14)12(15)16/h1-4,11H,5-6,8,14H2. The summed E-state index contributed by atoms with van der Waals surface area (Å²) in [6.45, 7) is 1.18. The molecule has 0 aromatic heterocycles. The van der Waals surface area contributed by atoms with E-state index in [9.17, 15) is 4.79 Å². The number of morpholine rings is 1. The van der Waals surface area contributed by atoms with Crippen LogP contribution in [-0.4, -0.2) is 31.7 Å². The lowest BCUT2D eigenvalue weighted by molar-refractivity contribution is -0.133. The molecule has 0 spiro atoms. The van der Waals surface area contributed by atoms with E-state index < -0.39 is 6.10 Å². The van der Waals surface area contributed by atoms with Gasteiger partial charge in [0.1, 0.15) is 6.10 Å². The molecule has 0 saturated carbocycles. The molecule has 1 aromatic rings. The molecule has 88 valence electrons. The first kappa shape index (κ1) is 11.6. The summed E-state index contributed by atoms with van der Waals surface area (Å²) >= 11 is 0. The third kappa shape index (κ3) is 2.28. The van der Waals surface area contributed by atoms with Crippen LogP contribution < -0.4 is 10.6 Å². The van der Waals surface area contributed by atoms with Crippen LogP contribution in [-0.2, 0) is 9.53 Å². The van der Waals surface area contributed by atoms with Gasteiger partial charge < -0.3 is 15.4 Å². The van der Waals surface area contributed by atoms with Crippen LogP contribution in [0.5, 0.6) is 0 Å². The summed E-state index contributed by atoms with van der Waals surface area (Å²) in [6, 6.07) is 8.94. The van der Waals surface area contributed by atoms with E-state index in [-0.39, 0.29) is 12.5 Å². The van der Waals surface area contributed by atoms with E-state index in [0.717, 1.165) is 5.69 Å². The summed E-state index contributed by atoms with van der Waals surface area (Å²) in [5.74, 6) is -0.122. The molecule has 1 aliphatic rings. The van der Waals surface area contributed by atoms with Crippen LogP contribution >= 0.6 is 0 Å². The number of ether oxygens (including phenoxy) is 1. The maximum atomic E-state index is 12.0. The van der Waals surface area contributed by atoms with Crippen molar-refractivity contribution in [3.8, 4) is 6.07 Å². The highest BCUT2D eigenvalue weighted by molar-refractivity contribution is 5.97. The maximum Gasteiger partial charge on any atom is 0.257 e. The number of hydrogen-bond donors (Lipinski definition) is 1. The zero-order valence-electron chi connectivity index (χ0n) is 9.30. The number of nitrogens with zero attached hydrogens (tertiary/aromatic N) is 2. The molecule has 1 unspecified atom stereocenters.